The summed E-state index contributed by atoms with van der Waals surface area (Å²) < 4.78 is 1.15. The standard InChI is InChI=1S/C25H23BrClN/c1-28(17-19-5-3-2-4-6-19)25-20(10-7-18-8-12-23(27)13-9-18)15-21-16-22(26)11-14-24(21)25/h2-6,8-9,11-14,16H,7,10,15,17H2,1H3. The zero-order valence-corrected chi connectivity index (χ0v) is 18.3. The average Bonchev–Trinajstić information content (AvgIpc) is 3.06. The molecule has 0 fully saturated rings. The van der Waals surface area contributed by atoms with E-state index < -0.39 is 0 Å². The summed E-state index contributed by atoms with van der Waals surface area (Å²) in [7, 11) is 2.21. The van der Waals surface area contributed by atoms with Crippen LogP contribution in [-0.2, 0) is 19.4 Å². The Bertz CT molecular complexity index is 993. The molecule has 1 aliphatic carbocycles. The first-order valence-electron chi connectivity index (χ1n) is 9.60. The molecule has 142 valence electrons. The second kappa shape index (κ2) is 8.55. The summed E-state index contributed by atoms with van der Waals surface area (Å²) in [4.78, 5) is 2.41. The van der Waals surface area contributed by atoms with Gasteiger partial charge in [0, 0.05) is 34.3 Å². The fraction of sp³-hybridized carbons (Fsp3) is 0.200. The molecule has 0 unspecified atom stereocenters. The molecular weight excluding hydrogens is 430 g/mol. The third kappa shape index (κ3) is 4.34. The van der Waals surface area contributed by atoms with Gasteiger partial charge in [-0.05, 0) is 65.8 Å². The van der Waals surface area contributed by atoms with Gasteiger partial charge in [0.2, 0.25) is 0 Å². The molecule has 1 aliphatic rings. The molecule has 3 heteroatoms. The summed E-state index contributed by atoms with van der Waals surface area (Å²) in [5, 5.41) is 0.796. The number of halogens is 2. The number of rotatable bonds is 6. The summed E-state index contributed by atoms with van der Waals surface area (Å²) in [5.74, 6) is 0. The minimum Gasteiger partial charge on any atom is -0.370 e. The van der Waals surface area contributed by atoms with Gasteiger partial charge < -0.3 is 4.90 Å². The second-order valence-electron chi connectivity index (χ2n) is 7.40. The molecule has 0 radical (unpaired) electrons. The molecule has 0 spiro atoms. The minimum atomic E-state index is 0.796. The molecule has 4 rings (SSSR count). The van der Waals surface area contributed by atoms with Crippen LogP contribution in [0, 0.1) is 0 Å². The van der Waals surface area contributed by atoms with E-state index in [9.17, 15) is 0 Å². The fourth-order valence-electron chi connectivity index (χ4n) is 4.01. The van der Waals surface area contributed by atoms with E-state index in [0.29, 0.717) is 0 Å². The Balaban J connectivity index is 1.61. The predicted molar refractivity (Wildman–Crippen MR) is 122 cm³/mol. The van der Waals surface area contributed by atoms with Crippen LogP contribution in [-0.4, -0.2) is 11.9 Å². The van der Waals surface area contributed by atoms with Crippen molar-refractivity contribution in [2.24, 2.45) is 0 Å². The molecule has 3 aromatic carbocycles. The fourth-order valence-corrected chi connectivity index (χ4v) is 4.54. The van der Waals surface area contributed by atoms with Crippen molar-refractivity contribution < 1.29 is 0 Å². The van der Waals surface area contributed by atoms with E-state index in [1.165, 1.54) is 33.5 Å². The van der Waals surface area contributed by atoms with Crippen molar-refractivity contribution in [1.29, 1.82) is 0 Å². The van der Waals surface area contributed by atoms with Crippen molar-refractivity contribution in [3.8, 4) is 0 Å². The number of nitrogens with zero attached hydrogens (tertiary/aromatic N) is 1. The highest BCUT2D eigenvalue weighted by Crippen LogP contribution is 2.38. The van der Waals surface area contributed by atoms with Gasteiger partial charge in [-0.2, -0.15) is 0 Å². The topological polar surface area (TPSA) is 3.24 Å². The highest BCUT2D eigenvalue weighted by Gasteiger charge is 2.24. The van der Waals surface area contributed by atoms with Crippen molar-refractivity contribution >= 4 is 33.2 Å². The van der Waals surface area contributed by atoms with Gasteiger partial charge in [0.15, 0.2) is 0 Å². The van der Waals surface area contributed by atoms with Crippen molar-refractivity contribution in [1.82, 2.24) is 4.90 Å². The lowest BCUT2D eigenvalue weighted by atomic mass is 10.0. The lowest BCUT2D eigenvalue weighted by molar-refractivity contribution is 0.472. The molecular formula is C25H23BrClN. The summed E-state index contributed by atoms with van der Waals surface area (Å²) >= 11 is 9.67. The number of allylic oxidation sites excluding steroid dienone is 1. The van der Waals surface area contributed by atoms with E-state index in [0.717, 1.165) is 35.3 Å². The minimum absolute atomic E-state index is 0.796. The van der Waals surface area contributed by atoms with E-state index >= 15 is 0 Å². The molecule has 0 heterocycles. The summed E-state index contributed by atoms with van der Waals surface area (Å²) in [6.07, 6.45) is 3.11. The number of benzene rings is 3. The zero-order chi connectivity index (χ0) is 19.5. The van der Waals surface area contributed by atoms with Crippen molar-refractivity contribution in [2.75, 3.05) is 7.05 Å². The molecule has 0 aliphatic heterocycles. The third-order valence-electron chi connectivity index (χ3n) is 5.33. The molecule has 0 atom stereocenters. The first-order valence-corrected chi connectivity index (χ1v) is 10.8. The van der Waals surface area contributed by atoms with E-state index in [1.54, 1.807) is 0 Å². The van der Waals surface area contributed by atoms with E-state index in [-0.39, 0.29) is 0 Å². The highest BCUT2D eigenvalue weighted by molar-refractivity contribution is 9.10. The van der Waals surface area contributed by atoms with Crippen molar-refractivity contribution in [3.63, 3.8) is 0 Å². The summed E-state index contributed by atoms with van der Waals surface area (Å²) in [6.45, 7) is 0.913. The van der Waals surface area contributed by atoms with Gasteiger partial charge in [0.05, 0.1) is 0 Å². The van der Waals surface area contributed by atoms with Crippen LogP contribution < -0.4 is 0 Å². The molecule has 3 aromatic rings. The Kier molecular flexibility index (Phi) is 5.89. The number of aryl methyl sites for hydroxylation is 1. The van der Waals surface area contributed by atoms with Crippen LogP contribution in [0.4, 0.5) is 0 Å². The van der Waals surface area contributed by atoms with Gasteiger partial charge in [0.25, 0.3) is 0 Å². The van der Waals surface area contributed by atoms with Gasteiger partial charge in [-0.25, -0.2) is 0 Å². The lowest BCUT2D eigenvalue weighted by Gasteiger charge is -2.24. The Morgan fingerprint density at radius 2 is 1.64 bits per heavy atom. The van der Waals surface area contributed by atoms with Crippen LogP contribution in [0.5, 0.6) is 0 Å². The van der Waals surface area contributed by atoms with E-state index in [4.69, 9.17) is 11.6 Å². The van der Waals surface area contributed by atoms with Crippen molar-refractivity contribution in [2.45, 2.75) is 25.8 Å². The van der Waals surface area contributed by atoms with Gasteiger partial charge >= 0.3 is 0 Å². The van der Waals surface area contributed by atoms with Gasteiger partial charge in [-0.15, -0.1) is 0 Å². The predicted octanol–water partition coefficient (Wildman–Crippen LogP) is 7.13. The van der Waals surface area contributed by atoms with E-state index in [1.807, 2.05) is 12.1 Å². The van der Waals surface area contributed by atoms with Crippen LogP contribution in [0.1, 0.15) is 28.7 Å². The first-order chi connectivity index (χ1) is 13.6. The average molecular weight is 453 g/mol. The van der Waals surface area contributed by atoms with Crippen LogP contribution in [0.15, 0.2) is 82.8 Å². The summed E-state index contributed by atoms with van der Waals surface area (Å²) in [5.41, 5.74) is 8.35. The Morgan fingerprint density at radius 3 is 2.39 bits per heavy atom. The first kappa shape index (κ1) is 19.3. The summed E-state index contributed by atoms with van der Waals surface area (Å²) in [6, 6.07) is 25.6. The zero-order valence-electron chi connectivity index (χ0n) is 16.0. The van der Waals surface area contributed by atoms with Crippen LogP contribution in [0.2, 0.25) is 5.02 Å². The van der Waals surface area contributed by atoms with Crippen LogP contribution in [0.3, 0.4) is 0 Å². The van der Waals surface area contributed by atoms with Gasteiger partial charge in [-0.3, -0.25) is 0 Å². The Morgan fingerprint density at radius 1 is 0.893 bits per heavy atom. The SMILES string of the molecule is CN(Cc1ccccc1)C1=C(CCc2ccc(Cl)cc2)Cc2cc(Br)ccc21. The molecule has 0 bridgehead atoms. The second-order valence-corrected chi connectivity index (χ2v) is 8.75. The maximum atomic E-state index is 6.04. The molecule has 0 aromatic heterocycles. The molecule has 28 heavy (non-hydrogen) atoms. The maximum Gasteiger partial charge on any atom is 0.0438 e. The molecule has 0 saturated heterocycles. The molecule has 0 amide bonds. The molecule has 0 N–H and O–H groups in total. The Labute approximate surface area is 180 Å². The normalized spacial score (nSPS) is 13.0. The van der Waals surface area contributed by atoms with Crippen LogP contribution in [0.25, 0.3) is 5.70 Å². The number of hydrogen-bond donors (Lipinski definition) is 0. The maximum absolute atomic E-state index is 6.04. The molecule has 1 nitrogen and oxygen atoms in total. The largest absolute Gasteiger partial charge is 0.370 e. The monoisotopic (exact) mass is 451 g/mol. The quantitative estimate of drug-likeness (QED) is 0.384. The van der Waals surface area contributed by atoms with Crippen LogP contribution >= 0.6 is 27.5 Å². The third-order valence-corrected chi connectivity index (χ3v) is 6.08. The smallest absolute Gasteiger partial charge is 0.0438 e. The number of hydrogen-bond acceptors (Lipinski definition) is 1. The number of fused-ring (bicyclic) bond motifs is 1. The Hall–Kier alpha value is -2.03. The van der Waals surface area contributed by atoms with Gasteiger partial charge in [-0.1, -0.05) is 76.1 Å². The highest BCUT2D eigenvalue weighted by atomic mass is 79.9. The van der Waals surface area contributed by atoms with E-state index in [2.05, 4.69) is 88.5 Å². The van der Waals surface area contributed by atoms with Gasteiger partial charge in [0.1, 0.15) is 0 Å². The molecule has 0 saturated carbocycles. The van der Waals surface area contributed by atoms with Crippen molar-refractivity contribution in [3.05, 3.63) is 110 Å². The lowest BCUT2D eigenvalue weighted by Crippen LogP contribution is -2.17.